The first-order valence-electron chi connectivity index (χ1n) is 3.31. The molecule has 0 aromatic rings. The van der Waals surface area contributed by atoms with Gasteiger partial charge in [0.25, 0.3) is 0 Å². The second-order valence-corrected chi connectivity index (χ2v) is 2.46. The minimum absolute atomic E-state index is 0.726. The topological polar surface area (TPSA) is 46.2 Å². The van der Waals surface area contributed by atoms with E-state index in [0.29, 0.717) is 0 Å². The zero-order valence-electron chi connectivity index (χ0n) is 6.91. The van der Waals surface area contributed by atoms with E-state index in [1.807, 2.05) is 0 Å². The molecule has 0 fully saturated rings. The fourth-order valence-corrected chi connectivity index (χ4v) is 0.444. The van der Waals surface area contributed by atoms with E-state index < -0.39 is 30.3 Å². The smallest absolute Gasteiger partial charge is 0.343 e. The number of alkyl halides is 5. The Morgan fingerprint density at radius 2 is 1.57 bits per heavy atom. The molecule has 0 saturated heterocycles. The zero-order valence-corrected chi connectivity index (χ0v) is 6.91. The van der Waals surface area contributed by atoms with Crippen LogP contribution >= 0.6 is 0 Å². The van der Waals surface area contributed by atoms with Crippen molar-refractivity contribution in [2.45, 2.75) is 19.0 Å². The maximum absolute atomic E-state index is 12.1. The molecule has 0 aromatic carbocycles. The Kier molecular flexibility index (Phi) is 3.55. The van der Waals surface area contributed by atoms with E-state index in [1.54, 1.807) is 0 Å². The second kappa shape index (κ2) is 3.89. The Bertz CT molecular complexity index is 247. The van der Waals surface area contributed by atoms with E-state index in [2.05, 4.69) is 0 Å². The van der Waals surface area contributed by atoms with Gasteiger partial charge in [0, 0.05) is 0 Å². The molecule has 0 unspecified atom stereocenters. The molecule has 0 aromatic heterocycles. The molecule has 0 radical (unpaired) electrons. The summed E-state index contributed by atoms with van der Waals surface area (Å²) in [7, 11) is 0. The first-order valence-corrected chi connectivity index (χ1v) is 3.31. The average Bonchev–Trinajstić information content (AvgIpc) is 1.97. The number of rotatable bonds is 3. The van der Waals surface area contributed by atoms with Crippen molar-refractivity contribution in [3.63, 3.8) is 0 Å². The van der Waals surface area contributed by atoms with E-state index >= 15 is 0 Å². The van der Waals surface area contributed by atoms with Crippen LogP contribution in [0.25, 0.3) is 0 Å². The Morgan fingerprint density at radius 1 is 1.14 bits per heavy atom. The summed E-state index contributed by atoms with van der Waals surface area (Å²) in [5.74, 6) is -8.72. The van der Waals surface area contributed by atoms with Gasteiger partial charge in [-0.25, -0.2) is 0 Å². The van der Waals surface area contributed by atoms with Crippen LogP contribution in [0, 0.1) is 0 Å². The van der Waals surface area contributed by atoms with E-state index in [-0.39, 0.29) is 0 Å². The van der Waals surface area contributed by atoms with Gasteiger partial charge >= 0.3 is 18.0 Å². The molecule has 0 aliphatic carbocycles. The van der Waals surface area contributed by atoms with Gasteiger partial charge < -0.3 is 5.32 Å². The lowest BCUT2D eigenvalue weighted by Gasteiger charge is -2.17. The number of amides is 1. The Hall–Kier alpha value is -1.21. The van der Waals surface area contributed by atoms with Crippen LogP contribution in [0.5, 0.6) is 0 Å². The van der Waals surface area contributed by atoms with Crippen molar-refractivity contribution in [3.05, 3.63) is 0 Å². The summed E-state index contributed by atoms with van der Waals surface area (Å²) >= 11 is 0. The molecule has 0 bridgehead atoms. The summed E-state index contributed by atoms with van der Waals surface area (Å²) in [6.45, 7) is 0.0799. The highest BCUT2D eigenvalue weighted by atomic mass is 19.4. The number of hydrogen-bond acceptors (Lipinski definition) is 2. The highest BCUT2D eigenvalue weighted by molar-refractivity contribution is 5.88. The van der Waals surface area contributed by atoms with Gasteiger partial charge in [-0.05, 0) is 6.92 Å². The number of hydrogen-bond donors (Lipinski definition) is 1. The lowest BCUT2D eigenvalue weighted by Crippen LogP contribution is -2.51. The maximum atomic E-state index is 12.1. The highest BCUT2D eigenvalue weighted by Crippen LogP contribution is 2.35. The van der Waals surface area contributed by atoms with Crippen LogP contribution in [0.4, 0.5) is 22.0 Å². The standard InChI is InChI=1S/C6H6F5NO2/c1-3(13)2-12-4(14)5(7,8)6(9,10)11/h2H2,1H3,(H,12,14). The van der Waals surface area contributed by atoms with Crippen molar-refractivity contribution in [1.82, 2.24) is 5.32 Å². The van der Waals surface area contributed by atoms with Crippen molar-refractivity contribution in [2.75, 3.05) is 6.54 Å². The fourth-order valence-electron chi connectivity index (χ4n) is 0.444. The Morgan fingerprint density at radius 3 is 1.86 bits per heavy atom. The number of nitrogens with one attached hydrogen (secondary N) is 1. The van der Waals surface area contributed by atoms with Gasteiger partial charge in [0.05, 0.1) is 6.54 Å². The third-order valence-corrected chi connectivity index (χ3v) is 1.14. The van der Waals surface area contributed by atoms with Crippen molar-refractivity contribution in [1.29, 1.82) is 0 Å². The minimum atomic E-state index is -5.95. The van der Waals surface area contributed by atoms with Gasteiger partial charge in [0.15, 0.2) is 0 Å². The molecule has 0 aliphatic heterocycles. The van der Waals surface area contributed by atoms with Gasteiger partial charge in [0.1, 0.15) is 5.78 Å². The number of carbonyl (C=O) groups excluding carboxylic acids is 2. The second-order valence-electron chi connectivity index (χ2n) is 2.46. The molecule has 3 nitrogen and oxygen atoms in total. The first kappa shape index (κ1) is 12.8. The molecule has 0 rings (SSSR count). The lowest BCUT2D eigenvalue weighted by molar-refractivity contribution is -0.269. The molecule has 1 amide bonds. The summed E-state index contributed by atoms with van der Waals surface area (Å²) in [5, 5.41) is 1.17. The van der Waals surface area contributed by atoms with Crippen LogP contribution in [0.15, 0.2) is 0 Å². The molecule has 14 heavy (non-hydrogen) atoms. The molecular weight excluding hydrogens is 213 g/mol. The molecule has 8 heteroatoms. The molecule has 0 saturated carbocycles. The third kappa shape index (κ3) is 2.93. The fraction of sp³-hybridized carbons (Fsp3) is 0.667. The number of carbonyl (C=O) groups is 2. The monoisotopic (exact) mass is 219 g/mol. The molecule has 82 valence electrons. The van der Waals surface area contributed by atoms with Crippen molar-refractivity contribution in [3.8, 4) is 0 Å². The van der Waals surface area contributed by atoms with Crippen LogP contribution in [0.1, 0.15) is 6.92 Å². The summed E-state index contributed by atoms with van der Waals surface area (Å²) in [4.78, 5) is 20.5. The van der Waals surface area contributed by atoms with Crippen molar-refractivity contribution < 1.29 is 31.5 Å². The van der Waals surface area contributed by atoms with Crippen LogP contribution in [0.3, 0.4) is 0 Å². The summed E-state index contributed by atoms with van der Waals surface area (Å²) in [6.07, 6.45) is -5.95. The summed E-state index contributed by atoms with van der Waals surface area (Å²) < 4.78 is 58.8. The van der Waals surface area contributed by atoms with Gasteiger partial charge in [-0.2, -0.15) is 22.0 Å². The van der Waals surface area contributed by atoms with E-state index in [9.17, 15) is 31.5 Å². The van der Waals surface area contributed by atoms with E-state index in [4.69, 9.17) is 0 Å². The van der Waals surface area contributed by atoms with Gasteiger partial charge in [-0.3, -0.25) is 9.59 Å². The molecule has 0 aliphatic rings. The van der Waals surface area contributed by atoms with Crippen LogP contribution < -0.4 is 5.32 Å². The molecule has 0 heterocycles. The first-order chi connectivity index (χ1) is 6.09. The minimum Gasteiger partial charge on any atom is -0.343 e. The predicted molar refractivity (Wildman–Crippen MR) is 34.7 cm³/mol. The largest absolute Gasteiger partial charge is 0.463 e. The molecule has 0 spiro atoms. The van der Waals surface area contributed by atoms with E-state index in [1.165, 1.54) is 5.32 Å². The zero-order chi connectivity index (χ0) is 11.6. The Labute approximate surface area is 75.3 Å². The normalized spacial score (nSPS) is 12.4. The SMILES string of the molecule is CC(=O)CNC(=O)C(F)(F)C(F)(F)F. The van der Waals surface area contributed by atoms with Gasteiger partial charge in [-0.1, -0.05) is 0 Å². The average molecular weight is 219 g/mol. The molecular formula is C6H6F5NO2. The number of Topliss-reactive ketones (excluding diaryl/α,β-unsaturated/α-hetero) is 1. The third-order valence-electron chi connectivity index (χ3n) is 1.14. The summed E-state index contributed by atoms with van der Waals surface area (Å²) in [5.41, 5.74) is 0. The predicted octanol–water partition coefficient (Wildman–Crippen LogP) is 0.889. The van der Waals surface area contributed by atoms with Gasteiger partial charge in [0.2, 0.25) is 0 Å². The van der Waals surface area contributed by atoms with Crippen LogP contribution in [0.2, 0.25) is 0 Å². The quantitative estimate of drug-likeness (QED) is 0.716. The Balaban J connectivity index is 4.45. The van der Waals surface area contributed by atoms with Crippen LogP contribution in [-0.2, 0) is 9.59 Å². The number of ketones is 1. The van der Waals surface area contributed by atoms with Crippen molar-refractivity contribution in [2.24, 2.45) is 0 Å². The van der Waals surface area contributed by atoms with Gasteiger partial charge in [-0.15, -0.1) is 0 Å². The number of halogens is 5. The highest BCUT2D eigenvalue weighted by Gasteiger charge is 2.63. The van der Waals surface area contributed by atoms with Crippen molar-refractivity contribution >= 4 is 11.7 Å². The van der Waals surface area contributed by atoms with E-state index in [0.717, 1.165) is 6.92 Å². The summed E-state index contributed by atoms with van der Waals surface area (Å²) in [6, 6.07) is 0. The molecule has 0 atom stereocenters. The maximum Gasteiger partial charge on any atom is 0.463 e. The van der Waals surface area contributed by atoms with Crippen LogP contribution in [-0.4, -0.2) is 30.3 Å². The molecule has 1 N–H and O–H groups in total. The lowest BCUT2D eigenvalue weighted by atomic mass is 10.3.